The van der Waals surface area contributed by atoms with Crippen LogP contribution in [-0.2, 0) is 24.0 Å². The fourth-order valence-electron chi connectivity index (χ4n) is 2.61. The van der Waals surface area contributed by atoms with Gasteiger partial charge < -0.3 is 42.1 Å². The Hall–Kier alpha value is -2.77. The van der Waals surface area contributed by atoms with Crippen LogP contribution in [0, 0.1) is 5.92 Å². The predicted molar refractivity (Wildman–Crippen MR) is 111 cm³/mol. The average Bonchev–Trinajstić information content (AvgIpc) is 2.70. The molecule has 9 N–H and O–H groups in total. The van der Waals surface area contributed by atoms with Gasteiger partial charge in [-0.2, -0.15) is 0 Å². The Bertz CT molecular complexity index is 684. The third-order valence-electron chi connectivity index (χ3n) is 4.94. The summed E-state index contributed by atoms with van der Waals surface area (Å²) in [6.45, 7) is 5.85. The van der Waals surface area contributed by atoms with Crippen molar-refractivity contribution in [1.82, 2.24) is 16.0 Å². The van der Waals surface area contributed by atoms with Crippen LogP contribution in [-0.4, -0.2) is 86.5 Å². The van der Waals surface area contributed by atoms with Crippen molar-refractivity contribution in [2.45, 2.75) is 83.3 Å². The minimum Gasteiger partial charge on any atom is -0.481 e. The molecule has 0 spiro atoms. The molecule has 0 heterocycles. The zero-order chi connectivity index (χ0) is 25.2. The summed E-state index contributed by atoms with van der Waals surface area (Å²) in [6.07, 6.45) is -3.08. The van der Waals surface area contributed by atoms with Crippen molar-refractivity contribution in [1.29, 1.82) is 0 Å². The highest BCUT2D eigenvalue weighted by Crippen LogP contribution is 2.10. The Morgan fingerprint density at radius 2 is 1.34 bits per heavy atom. The lowest BCUT2D eigenvalue weighted by Gasteiger charge is -2.28. The Labute approximate surface area is 185 Å². The van der Waals surface area contributed by atoms with Crippen LogP contribution in [0.5, 0.6) is 0 Å². The molecule has 184 valence electrons. The van der Waals surface area contributed by atoms with Crippen LogP contribution in [0.15, 0.2) is 0 Å². The van der Waals surface area contributed by atoms with Gasteiger partial charge in [-0.25, -0.2) is 4.79 Å². The summed E-state index contributed by atoms with van der Waals surface area (Å²) in [5.74, 6) is -5.83. The van der Waals surface area contributed by atoms with E-state index in [0.29, 0.717) is 6.42 Å². The molecule has 0 fully saturated rings. The van der Waals surface area contributed by atoms with Crippen LogP contribution in [0.2, 0.25) is 0 Å². The topological polar surface area (TPSA) is 228 Å². The van der Waals surface area contributed by atoms with Gasteiger partial charge in [0.2, 0.25) is 17.7 Å². The third-order valence-corrected chi connectivity index (χ3v) is 4.94. The lowest BCUT2D eigenvalue weighted by atomic mass is 9.96. The summed E-state index contributed by atoms with van der Waals surface area (Å²) in [4.78, 5) is 59.8. The minimum absolute atomic E-state index is 0.368. The molecule has 0 aromatic carbocycles. The van der Waals surface area contributed by atoms with Gasteiger partial charge in [0.1, 0.15) is 18.1 Å². The van der Waals surface area contributed by atoms with Crippen LogP contribution in [0.3, 0.4) is 0 Å². The highest BCUT2D eigenvalue weighted by Gasteiger charge is 2.34. The zero-order valence-electron chi connectivity index (χ0n) is 18.6. The molecule has 0 radical (unpaired) electrons. The first-order valence-electron chi connectivity index (χ1n) is 10.2. The molecule has 0 saturated carbocycles. The molecule has 0 aromatic heterocycles. The van der Waals surface area contributed by atoms with E-state index >= 15 is 0 Å². The van der Waals surface area contributed by atoms with Gasteiger partial charge in [-0.15, -0.1) is 0 Å². The van der Waals surface area contributed by atoms with Gasteiger partial charge in [0, 0.05) is 6.42 Å². The molecule has 0 aromatic rings. The van der Waals surface area contributed by atoms with Crippen molar-refractivity contribution >= 4 is 29.7 Å². The molecule has 0 bridgehead atoms. The van der Waals surface area contributed by atoms with Gasteiger partial charge in [-0.05, 0) is 26.2 Å². The fraction of sp³-hybridized carbons (Fsp3) is 0.737. The number of nitrogens with one attached hydrogen (secondary N) is 3. The van der Waals surface area contributed by atoms with E-state index in [1.54, 1.807) is 13.8 Å². The number of aliphatic hydroxyl groups is 2. The van der Waals surface area contributed by atoms with E-state index in [1.807, 2.05) is 0 Å². The van der Waals surface area contributed by atoms with Crippen molar-refractivity contribution in [2.75, 3.05) is 0 Å². The van der Waals surface area contributed by atoms with E-state index < -0.39 is 78.4 Å². The second-order valence-corrected chi connectivity index (χ2v) is 7.70. The Morgan fingerprint density at radius 3 is 1.75 bits per heavy atom. The van der Waals surface area contributed by atoms with Gasteiger partial charge in [0.05, 0.1) is 12.2 Å². The first kappa shape index (κ1) is 29.2. The number of aliphatic carboxylic acids is 2. The quantitative estimate of drug-likeness (QED) is 0.135. The summed E-state index contributed by atoms with van der Waals surface area (Å²) in [6, 6.07) is -5.60. The summed E-state index contributed by atoms with van der Waals surface area (Å²) in [7, 11) is 0. The number of carbonyl (C=O) groups excluding carboxylic acids is 3. The molecule has 3 amide bonds. The molecule has 13 nitrogen and oxygen atoms in total. The molecular formula is C19H34N4O9. The number of carboxylic acid groups (broad SMARTS) is 2. The van der Waals surface area contributed by atoms with Crippen LogP contribution in [0.25, 0.3) is 0 Å². The minimum atomic E-state index is -1.68. The van der Waals surface area contributed by atoms with Gasteiger partial charge in [-0.3, -0.25) is 19.2 Å². The van der Waals surface area contributed by atoms with E-state index in [-0.39, 0.29) is 6.42 Å². The normalized spacial score (nSPS) is 17.6. The highest BCUT2D eigenvalue weighted by atomic mass is 16.4. The number of hydrogen-bond donors (Lipinski definition) is 8. The summed E-state index contributed by atoms with van der Waals surface area (Å²) in [5, 5.41) is 43.9. The number of rotatable bonds is 14. The highest BCUT2D eigenvalue weighted by molar-refractivity contribution is 5.94. The summed E-state index contributed by atoms with van der Waals surface area (Å²) >= 11 is 0. The zero-order valence-corrected chi connectivity index (χ0v) is 18.6. The maximum Gasteiger partial charge on any atom is 0.328 e. The maximum atomic E-state index is 12.9. The van der Waals surface area contributed by atoms with E-state index in [4.69, 9.17) is 15.9 Å². The Morgan fingerprint density at radius 1 is 0.812 bits per heavy atom. The average molecular weight is 463 g/mol. The lowest BCUT2D eigenvalue weighted by molar-refractivity contribution is -0.145. The van der Waals surface area contributed by atoms with E-state index in [0.717, 1.165) is 6.92 Å². The molecule has 0 aliphatic heterocycles. The summed E-state index contributed by atoms with van der Waals surface area (Å²) < 4.78 is 0. The second-order valence-electron chi connectivity index (χ2n) is 7.70. The van der Waals surface area contributed by atoms with Crippen molar-refractivity contribution in [3.63, 3.8) is 0 Å². The molecular weight excluding hydrogens is 428 g/mol. The van der Waals surface area contributed by atoms with Gasteiger partial charge >= 0.3 is 11.9 Å². The molecule has 0 aliphatic carbocycles. The van der Waals surface area contributed by atoms with Gasteiger partial charge in [-0.1, -0.05) is 20.3 Å². The van der Waals surface area contributed by atoms with E-state index in [1.165, 1.54) is 6.92 Å². The van der Waals surface area contributed by atoms with Crippen LogP contribution >= 0.6 is 0 Å². The molecule has 0 saturated heterocycles. The van der Waals surface area contributed by atoms with E-state index in [2.05, 4.69) is 16.0 Å². The number of carboxylic acids is 2. The first-order chi connectivity index (χ1) is 14.7. The van der Waals surface area contributed by atoms with Crippen molar-refractivity contribution in [3.8, 4) is 0 Å². The van der Waals surface area contributed by atoms with Crippen molar-refractivity contribution in [3.05, 3.63) is 0 Å². The number of amides is 3. The fourth-order valence-corrected chi connectivity index (χ4v) is 2.61. The molecule has 7 unspecified atom stereocenters. The van der Waals surface area contributed by atoms with Crippen molar-refractivity contribution < 1.29 is 44.4 Å². The van der Waals surface area contributed by atoms with Crippen LogP contribution in [0.1, 0.15) is 47.0 Å². The maximum absolute atomic E-state index is 12.9. The largest absolute Gasteiger partial charge is 0.481 e. The van der Waals surface area contributed by atoms with Crippen LogP contribution < -0.4 is 21.7 Å². The molecule has 7 atom stereocenters. The second kappa shape index (κ2) is 13.6. The monoisotopic (exact) mass is 462 g/mol. The Balaban J connectivity index is 5.63. The van der Waals surface area contributed by atoms with E-state index in [9.17, 15) is 34.2 Å². The van der Waals surface area contributed by atoms with Gasteiger partial charge in [0.25, 0.3) is 0 Å². The predicted octanol–water partition coefficient (Wildman–Crippen LogP) is -2.47. The smallest absolute Gasteiger partial charge is 0.328 e. The lowest BCUT2D eigenvalue weighted by Crippen LogP contribution is -2.60. The van der Waals surface area contributed by atoms with Crippen LogP contribution in [0.4, 0.5) is 0 Å². The molecule has 0 rings (SSSR count). The number of carbonyl (C=O) groups is 5. The SMILES string of the molecule is CCC(C)C(NC(=O)C(N)C(C)O)C(=O)NC(CCC(=O)O)C(=O)NC(C(=O)O)C(C)O. The van der Waals surface area contributed by atoms with Crippen molar-refractivity contribution in [2.24, 2.45) is 11.7 Å². The number of nitrogens with two attached hydrogens (primary N) is 1. The molecule has 13 heteroatoms. The first-order valence-corrected chi connectivity index (χ1v) is 10.2. The number of hydrogen-bond acceptors (Lipinski definition) is 8. The number of aliphatic hydroxyl groups excluding tert-OH is 2. The third kappa shape index (κ3) is 9.58. The molecule has 0 aliphatic rings. The van der Waals surface area contributed by atoms with Gasteiger partial charge in [0.15, 0.2) is 6.04 Å². The Kier molecular flexibility index (Phi) is 12.4. The standard InChI is InChI=1S/C19H34N4O9/c1-5-8(2)14(22-17(29)13(20)9(3)24)18(30)21-11(6-7-12(26)27)16(28)23-15(10(4)25)19(31)32/h8-11,13-15,24-25H,5-7,20H2,1-4H3,(H,21,30)(H,22,29)(H,23,28)(H,26,27)(H,31,32). The molecule has 32 heavy (non-hydrogen) atoms. The summed E-state index contributed by atoms with van der Waals surface area (Å²) in [5.41, 5.74) is 5.59.